The lowest BCUT2D eigenvalue weighted by Gasteiger charge is -1.94. The minimum atomic E-state index is 0.295. The summed E-state index contributed by atoms with van der Waals surface area (Å²) >= 11 is 6.43. The quantitative estimate of drug-likeness (QED) is 0.820. The molecule has 1 N–H and O–H groups in total. The number of thiazole rings is 1. The van der Waals surface area contributed by atoms with Crippen LogP contribution in [0.4, 0.5) is 0 Å². The van der Waals surface area contributed by atoms with E-state index in [1.54, 1.807) is 11.3 Å². The average molecular weight is 241 g/mol. The molecule has 2 aromatic heterocycles. The van der Waals surface area contributed by atoms with Crippen molar-refractivity contribution in [1.29, 1.82) is 0 Å². The van der Waals surface area contributed by atoms with Gasteiger partial charge in [-0.05, 0) is 19.1 Å². The van der Waals surface area contributed by atoms with Crippen LogP contribution in [0.1, 0.15) is 30.5 Å². The number of aryl methyl sites for hydroxylation is 1. The van der Waals surface area contributed by atoms with Crippen LogP contribution < -0.4 is 0 Å². The molecule has 0 aromatic carbocycles. The Morgan fingerprint density at radius 3 is 2.67 bits per heavy atom. The van der Waals surface area contributed by atoms with Crippen molar-refractivity contribution in [3.8, 4) is 10.8 Å². The maximum atomic E-state index is 5.26. The number of rotatable bonds is 2. The van der Waals surface area contributed by atoms with Crippen LogP contribution in [0.2, 0.25) is 0 Å². The monoisotopic (exact) mass is 241 g/mol. The Bertz CT molecular complexity index is 523. The Hall–Kier alpha value is -1.01. The van der Waals surface area contributed by atoms with Crippen LogP contribution in [0.3, 0.4) is 0 Å². The largest absolute Gasteiger partial charge is 0.408 e. The molecule has 2 aromatic rings. The van der Waals surface area contributed by atoms with Crippen molar-refractivity contribution >= 4 is 23.6 Å². The minimum Gasteiger partial charge on any atom is -0.408 e. The first-order chi connectivity index (χ1) is 7.08. The van der Waals surface area contributed by atoms with Crippen LogP contribution in [0.5, 0.6) is 0 Å². The highest BCUT2D eigenvalue weighted by molar-refractivity contribution is 7.71. The van der Waals surface area contributed by atoms with Gasteiger partial charge in [0.25, 0.3) is 10.7 Å². The number of aromatic nitrogens is 3. The molecule has 0 bridgehead atoms. The highest BCUT2D eigenvalue weighted by Gasteiger charge is 2.15. The molecule has 0 fully saturated rings. The lowest BCUT2D eigenvalue weighted by Crippen LogP contribution is -1.84. The predicted molar refractivity (Wildman–Crippen MR) is 61.6 cm³/mol. The smallest absolute Gasteiger partial charge is 0.284 e. The lowest BCUT2D eigenvalue weighted by molar-refractivity contribution is 0.553. The SMILES string of the molecule is Cc1nc(C(C)C)sc1-c1n[nH]c(=S)o1. The molecule has 0 atom stereocenters. The van der Waals surface area contributed by atoms with E-state index in [0.717, 1.165) is 15.6 Å². The van der Waals surface area contributed by atoms with Crippen molar-refractivity contribution in [2.45, 2.75) is 26.7 Å². The van der Waals surface area contributed by atoms with E-state index in [4.69, 9.17) is 16.6 Å². The van der Waals surface area contributed by atoms with Gasteiger partial charge in [-0.1, -0.05) is 13.8 Å². The highest BCUT2D eigenvalue weighted by Crippen LogP contribution is 2.31. The first kappa shape index (κ1) is 10.5. The van der Waals surface area contributed by atoms with Crippen molar-refractivity contribution in [3.05, 3.63) is 15.5 Å². The Balaban J connectivity index is 2.49. The normalized spacial score (nSPS) is 11.2. The second-order valence-electron chi connectivity index (χ2n) is 3.54. The first-order valence-electron chi connectivity index (χ1n) is 4.61. The molecule has 0 unspecified atom stereocenters. The third kappa shape index (κ3) is 2.00. The second-order valence-corrected chi connectivity index (χ2v) is 4.94. The maximum Gasteiger partial charge on any atom is 0.284 e. The summed E-state index contributed by atoms with van der Waals surface area (Å²) in [4.78, 5) is 5.71. The van der Waals surface area contributed by atoms with Crippen LogP contribution in [0.25, 0.3) is 10.8 Å². The third-order valence-corrected chi connectivity index (χ3v) is 3.56. The van der Waals surface area contributed by atoms with Crippen molar-refractivity contribution < 1.29 is 4.42 Å². The number of nitrogens with zero attached hydrogens (tertiary/aromatic N) is 2. The molecule has 0 radical (unpaired) electrons. The summed E-state index contributed by atoms with van der Waals surface area (Å²) in [5, 5.41) is 7.69. The molecule has 0 saturated carbocycles. The molecule has 2 heterocycles. The summed E-state index contributed by atoms with van der Waals surface area (Å²) in [6.45, 7) is 6.18. The van der Waals surface area contributed by atoms with Gasteiger partial charge in [0.15, 0.2) is 0 Å². The van der Waals surface area contributed by atoms with Gasteiger partial charge in [0, 0.05) is 5.92 Å². The number of H-pyrrole nitrogens is 1. The van der Waals surface area contributed by atoms with Gasteiger partial charge in [-0.15, -0.1) is 16.4 Å². The zero-order chi connectivity index (χ0) is 11.0. The lowest BCUT2D eigenvalue weighted by atomic mass is 10.2. The van der Waals surface area contributed by atoms with E-state index in [9.17, 15) is 0 Å². The molecular weight excluding hydrogens is 230 g/mol. The van der Waals surface area contributed by atoms with Gasteiger partial charge < -0.3 is 4.42 Å². The van der Waals surface area contributed by atoms with Crippen LogP contribution >= 0.6 is 23.6 Å². The summed E-state index contributed by atoms with van der Waals surface area (Å²) in [5.74, 6) is 0.950. The fourth-order valence-electron chi connectivity index (χ4n) is 1.19. The van der Waals surface area contributed by atoms with E-state index >= 15 is 0 Å². The first-order valence-corrected chi connectivity index (χ1v) is 5.83. The summed E-state index contributed by atoms with van der Waals surface area (Å²) in [6.07, 6.45) is 0. The van der Waals surface area contributed by atoms with E-state index in [1.807, 2.05) is 6.92 Å². The summed E-state index contributed by atoms with van der Waals surface area (Å²) < 4.78 is 5.26. The third-order valence-electron chi connectivity index (χ3n) is 1.94. The van der Waals surface area contributed by atoms with Crippen LogP contribution in [0.15, 0.2) is 4.42 Å². The minimum absolute atomic E-state index is 0.295. The van der Waals surface area contributed by atoms with E-state index in [-0.39, 0.29) is 0 Å². The number of hydrogen-bond donors (Lipinski definition) is 1. The van der Waals surface area contributed by atoms with Crippen molar-refractivity contribution in [2.75, 3.05) is 0 Å². The van der Waals surface area contributed by atoms with Crippen LogP contribution in [-0.2, 0) is 0 Å². The van der Waals surface area contributed by atoms with E-state index in [2.05, 4.69) is 29.0 Å². The van der Waals surface area contributed by atoms with Crippen LogP contribution in [-0.4, -0.2) is 15.2 Å². The van der Waals surface area contributed by atoms with E-state index in [1.165, 1.54) is 0 Å². The molecule has 15 heavy (non-hydrogen) atoms. The van der Waals surface area contributed by atoms with Crippen molar-refractivity contribution in [1.82, 2.24) is 15.2 Å². The molecule has 0 aliphatic rings. The van der Waals surface area contributed by atoms with Crippen LogP contribution in [0, 0.1) is 11.8 Å². The highest BCUT2D eigenvalue weighted by atomic mass is 32.1. The zero-order valence-corrected chi connectivity index (χ0v) is 10.3. The van der Waals surface area contributed by atoms with Gasteiger partial charge in [0.2, 0.25) is 0 Å². The summed E-state index contributed by atoms with van der Waals surface area (Å²) in [5.41, 5.74) is 0.939. The summed E-state index contributed by atoms with van der Waals surface area (Å²) in [6, 6.07) is 0. The number of aromatic amines is 1. The molecule has 4 nitrogen and oxygen atoms in total. The molecule has 0 saturated heterocycles. The van der Waals surface area contributed by atoms with Crippen molar-refractivity contribution in [2.24, 2.45) is 0 Å². The number of nitrogens with one attached hydrogen (secondary N) is 1. The van der Waals surface area contributed by atoms with Crippen molar-refractivity contribution in [3.63, 3.8) is 0 Å². The van der Waals surface area contributed by atoms with E-state index in [0.29, 0.717) is 16.6 Å². The molecule has 80 valence electrons. The van der Waals surface area contributed by atoms with Gasteiger partial charge in [-0.3, -0.25) is 0 Å². The number of hydrogen-bond acceptors (Lipinski definition) is 5. The fourth-order valence-corrected chi connectivity index (χ4v) is 2.31. The Morgan fingerprint density at radius 2 is 2.20 bits per heavy atom. The molecule has 0 spiro atoms. The van der Waals surface area contributed by atoms with Gasteiger partial charge >= 0.3 is 0 Å². The second kappa shape index (κ2) is 3.86. The van der Waals surface area contributed by atoms with Gasteiger partial charge in [-0.2, -0.15) is 0 Å². The Labute approximate surface area is 96.4 Å². The molecule has 0 aliphatic carbocycles. The average Bonchev–Trinajstić information content (AvgIpc) is 2.71. The standard InChI is InChI=1S/C9H11N3OS2/c1-4(2)8-10-5(3)6(15-8)7-11-12-9(14)13-7/h4H,1-3H3,(H,12,14). The maximum absolute atomic E-state index is 5.26. The van der Waals surface area contributed by atoms with E-state index < -0.39 is 0 Å². The predicted octanol–water partition coefficient (Wildman–Crippen LogP) is 3.29. The topological polar surface area (TPSA) is 54.7 Å². The van der Waals surface area contributed by atoms with Gasteiger partial charge in [0.1, 0.15) is 4.88 Å². The summed E-state index contributed by atoms with van der Waals surface area (Å²) in [7, 11) is 0. The molecule has 2 rings (SSSR count). The molecule has 0 amide bonds. The fraction of sp³-hybridized carbons (Fsp3) is 0.444. The Morgan fingerprint density at radius 1 is 1.47 bits per heavy atom. The molecule has 0 aliphatic heterocycles. The Kier molecular flexibility index (Phi) is 2.70. The van der Waals surface area contributed by atoms with Gasteiger partial charge in [0.05, 0.1) is 10.7 Å². The zero-order valence-electron chi connectivity index (χ0n) is 8.70. The molecule has 6 heteroatoms. The molecular formula is C9H11N3OS2. The van der Waals surface area contributed by atoms with Gasteiger partial charge in [-0.25, -0.2) is 10.1 Å².